The maximum Gasteiger partial charge on any atom is 0.227 e. The number of hydrogen-bond donors (Lipinski definition) is 1. The third kappa shape index (κ3) is 4.05. The molecule has 0 atom stereocenters. The standard InChI is InChI=1S/C18H15ClN6O/c1-25-11-14(9-22-25)23-18-21-10-15(19)17(24-18)13-6-4-12(5-7-13)16(26)3-2-8-20/h4-7,9-11H,2-3H2,1H3,(H,21,23,24). The number of rotatable bonds is 6. The average molecular weight is 367 g/mol. The van der Waals surface area contributed by atoms with Gasteiger partial charge in [-0.3, -0.25) is 9.48 Å². The molecule has 0 amide bonds. The highest BCUT2D eigenvalue weighted by Crippen LogP contribution is 2.27. The van der Waals surface area contributed by atoms with E-state index in [4.69, 9.17) is 16.9 Å². The molecule has 0 aliphatic rings. The predicted octanol–water partition coefficient (Wildman–Crippen LogP) is 3.76. The molecule has 0 bridgehead atoms. The Morgan fingerprint density at radius 1 is 1.31 bits per heavy atom. The Hall–Kier alpha value is -3.24. The summed E-state index contributed by atoms with van der Waals surface area (Å²) in [5.74, 6) is 0.331. The molecule has 8 heteroatoms. The molecule has 1 aromatic carbocycles. The normalized spacial score (nSPS) is 10.3. The van der Waals surface area contributed by atoms with Crippen molar-refractivity contribution in [3.05, 3.63) is 53.4 Å². The van der Waals surface area contributed by atoms with Gasteiger partial charge in [0.1, 0.15) is 0 Å². The van der Waals surface area contributed by atoms with Crippen LogP contribution in [0.15, 0.2) is 42.9 Å². The molecule has 0 fully saturated rings. The van der Waals surface area contributed by atoms with Gasteiger partial charge in [0.25, 0.3) is 0 Å². The average Bonchev–Trinajstić information content (AvgIpc) is 3.06. The molecule has 0 aliphatic heterocycles. The second-order valence-electron chi connectivity index (χ2n) is 5.58. The summed E-state index contributed by atoms with van der Waals surface area (Å²) in [7, 11) is 1.82. The fraction of sp³-hybridized carbons (Fsp3) is 0.167. The number of halogens is 1. The molecule has 0 radical (unpaired) electrons. The summed E-state index contributed by atoms with van der Waals surface area (Å²) in [6, 6.07) is 8.95. The number of anilines is 2. The van der Waals surface area contributed by atoms with Gasteiger partial charge in [-0.2, -0.15) is 10.4 Å². The summed E-state index contributed by atoms with van der Waals surface area (Å²) in [5, 5.41) is 16.1. The highest BCUT2D eigenvalue weighted by Gasteiger charge is 2.11. The Morgan fingerprint density at radius 2 is 2.08 bits per heavy atom. The van der Waals surface area contributed by atoms with Gasteiger partial charge in [-0.05, 0) is 0 Å². The van der Waals surface area contributed by atoms with Crippen molar-refractivity contribution in [1.29, 1.82) is 5.26 Å². The number of nitrogens with zero attached hydrogens (tertiary/aromatic N) is 5. The molecule has 130 valence electrons. The quantitative estimate of drug-likeness (QED) is 0.667. The van der Waals surface area contributed by atoms with Crippen molar-refractivity contribution in [2.24, 2.45) is 7.05 Å². The number of aryl methyl sites for hydroxylation is 1. The van der Waals surface area contributed by atoms with Crippen LogP contribution in [0.4, 0.5) is 11.6 Å². The topological polar surface area (TPSA) is 96.5 Å². The Labute approximate surface area is 155 Å². The van der Waals surface area contributed by atoms with Gasteiger partial charge in [-0.1, -0.05) is 35.9 Å². The van der Waals surface area contributed by atoms with E-state index in [0.717, 1.165) is 11.3 Å². The maximum absolute atomic E-state index is 12.0. The molecule has 3 rings (SSSR count). The Bertz CT molecular complexity index is 974. The van der Waals surface area contributed by atoms with Crippen LogP contribution in [-0.4, -0.2) is 25.5 Å². The minimum Gasteiger partial charge on any atom is -0.321 e. The minimum atomic E-state index is -0.0641. The first-order chi connectivity index (χ1) is 12.6. The number of benzene rings is 1. The van der Waals surface area contributed by atoms with Crippen LogP contribution >= 0.6 is 11.6 Å². The second kappa shape index (κ2) is 7.76. The van der Waals surface area contributed by atoms with Crippen LogP contribution in [0.2, 0.25) is 5.02 Å². The molecular formula is C18H15ClN6O. The molecule has 3 aromatic rings. The fourth-order valence-electron chi connectivity index (χ4n) is 2.37. The fourth-order valence-corrected chi connectivity index (χ4v) is 2.57. The van der Waals surface area contributed by atoms with Crippen LogP contribution in [0.3, 0.4) is 0 Å². The first kappa shape index (κ1) is 17.6. The highest BCUT2D eigenvalue weighted by molar-refractivity contribution is 6.32. The van der Waals surface area contributed by atoms with Gasteiger partial charge in [-0.15, -0.1) is 0 Å². The van der Waals surface area contributed by atoms with Crippen LogP contribution in [0.5, 0.6) is 0 Å². The number of hydrogen-bond acceptors (Lipinski definition) is 6. The number of nitriles is 1. The van der Waals surface area contributed by atoms with Crippen molar-refractivity contribution in [1.82, 2.24) is 19.7 Å². The third-order valence-electron chi connectivity index (χ3n) is 3.65. The molecule has 2 heterocycles. The van der Waals surface area contributed by atoms with Gasteiger partial charge in [0.15, 0.2) is 5.78 Å². The van der Waals surface area contributed by atoms with Gasteiger partial charge >= 0.3 is 0 Å². The largest absolute Gasteiger partial charge is 0.321 e. The number of carbonyl (C=O) groups is 1. The first-order valence-corrected chi connectivity index (χ1v) is 8.23. The molecule has 7 nitrogen and oxygen atoms in total. The zero-order chi connectivity index (χ0) is 18.5. The van der Waals surface area contributed by atoms with Crippen molar-refractivity contribution in [2.75, 3.05) is 5.32 Å². The molecule has 0 spiro atoms. The van der Waals surface area contributed by atoms with Crippen LogP contribution in [-0.2, 0) is 7.05 Å². The molecule has 2 aromatic heterocycles. The molecule has 26 heavy (non-hydrogen) atoms. The van der Waals surface area contributed by atoms with Crippen LogP contribution in [0.1, 0.15) is 23.2 Å². The summed E-state index contributed by atoms with van der Waals surface area (Å²) in [5.41, 5.74) is 2.65. The lowest BCUT2D eigenvalue weighted by molar-refractivity contribution is 0.0984. The Balaban J connectivity index is 1.83. The molecule has 0 saturated heterocycles. The second-order valence-corrected chi connectivity index (χ2v) is 5.98. The molecule has 1 N–H and O–H groups in total. The SMILES string of the molecule is Cn1cc(Nc2ncc(Cl)c(-c3ccc(C(=O)CCC#N)cc3)n2)cn1. The van der Waals surface area contributed by atoms with E-state index in [1.165, 1.54) is 6.20 Å². The van der Waals surface area contributed by atoms with Crippen molar-refractivity contribution in [3.63, 3.8) is 0 Å². The lowest BCUT2D eigenvalue weighted by atomic mass is 10.0. The van der Waals surface area contributed by atoms with Gasteiger partial charge in [0.05, 0.1) is 34.9 Å². The lowest BCUT2D eigenvalue weighted by Crippen LogP contribution is -2.00. The van der Waals surface area contributed by atoms with Gasteiger partial charge in [0, 0.05) is 37.2 Å². The number of aromatic nitrogens is 4. The van der Waals surface area contributed by atoms with Gasteiger partial charge in [0.2, 0.25) is 5.95 Å². The number of ketones is 1. The molecular weight excluding hydrogens is 352 g/mol. The number of nitrogens with one attached hydrogen (secondary N) is 1. The summed E-state index contributed by atoms with van der Waals surface area (Å²) in [6.45, 7) is 0. The van der Waals surface area contributed by atoms with Crippen molar-refractivity contribution in [3.8, 4) is 17.3 Å². The summed E-state index contributed by atoms with van der Waals surface area (Å²) >= 11 is 6.24. The van der Waals surface area contributed by atoms with E-state index >= 15 is 0 Å². The molecule has 0 aliphatic carbocycles. The minimum absolute atomic E-state index is 0.0641. The van der Waals surface area contributed by atoms with E-state index in [0.29, 0.717) is 22.2 Å². The lowest BCUT2D eigenvalue weighted by Gasteiger charge is -2.08. The molecule has 0 saturated carbocycles. The predicted molar refractivity (Wildman–Crippen MR) is 98.1 cm³/mol. The van der Waals surface area contributed by atoms with Crippen LogP contribution in [0, 0.1) is 11.3 Å². The monoisotopic (exact) mass is 366 g/mol. The van der Waals surface area contributed by atoms with Crippen LogP contribution < -0.4 is 5.32 Å². The van der Waals surface area contributed by atoms with Gasteiger partial charge < -0.3 is 5.32 Å². The Kier molecular flexibility index (Phi) is 5.25. The van der Waals surface area contributed by atoms with E-state index in [1.54, 1.807) is 41.3 Å². The van der Waals surface area contributed by atoms with Crippen molar-refractivity contribution < 1.29 is 4.79 Å². The summed E-state index contributed by atoms with van der Waals surface area (Å²) < 4.78 is 1.67. The third-order valence-corrected chi connectivity index (χ3v) is 3.93. The van der Waals surface area contributed by atoms with Crippen LogP contribution in [0.25, 0.3) is 11.3 Å². The van der Waals surface area contributed by atoms with Crippen molar-refractivity contribution >= 4 is 29.0 Å². The van der Waals surface area contributed by atoms with E-state index in [2.05, 4.69) is 20.4 Å². The Morgan fingerprint density at radius 3 is 2.73 bits per heavy atom. The smallest absolute Gasteiger partial charge is 0.227 e. The summed E-state index contributed by atoms with van der Waals surface area (Å²) in [6.07, 6.45) is 5.41. The van der Waals surface area contributed by atoms with E-state index in [1.807, 2.05) is 13.1 Å². The zero-order valence-electron chi connectivity index (χ0n) is 14.0. The van der Waals surface area contributed by atoms with E-state index < -0.39 is 0 Å². The zero-order valence-corrected chi connectivity index (χ0v) is 14.7. The number of Topliss-reactive ketones (excluding diaryl/α,β-unsaturated/α-hetero) is 1. The van der Waals surface area contributed by atoms with Gasteiger partial charge in [-0.25, -0.2) is 9.97 Å². The number of carbonyl (C=O) groups excluding carboxylic acids is 1. The van der Waals surface area contributed by atoms with Crippen molar-refractivity contribution in [2.45, 2.75) is 12.8 Å². The van der Waals surface area contributed by atoms with E-state index in [-0.39, 0.29) is 18.6 Å². The summed E-state index contributed by atoms with van der Waals surface area (Å²) in [4.78, 5) is 20.6. The molecule has 0 unspecified atom stereocenters. The maximum atomic E-state index is 12.0. The van der Waals surface area contributed by atoms with E-state index in [9.17, 15) is 4.79 Å². The first-order valence-electron chi connectivity index (χ1n) is 7.85. The highest BCUT2D eigenvalue weighted by atomic mass is 35.5.